The Labute approximate surface area is 116 Å². The fraction of sp³-hybridized carbons (Fsp3) is 0.583. The van der Waals surface area contributed by atoms with Gasteiger partial charge in [0.1, 0.15) is 5.82 Å². The SMILES string of the molecule is Cc1cc(C)nc(CSC(=O)SN2CCCC2)n1. The number of thioether (sulfide) groups is 1. The van der Waals surface area contributed by atoms with Crippen molar-refractivity contribution in [1.29, 1.82) is 0 Å². The van der Waals surface area contributed by atoms with Crippen LogP contribution in [0.2, 0.25) is 0 Å². The van der Waals surface area contributed by atoms with Crippen LogP contribution in [0.1, 0.15) is 30.1 Å². The average Bonchev–Trinajstić information content (AvgIpc) is 2.78. The van der Waals surface area contributed by atoms with Gasteiger partial charge in [-0.05, 0) is 32.8 Å². The number of aromatic nitrogens is 2. The number of aryl methyl sites for hydroxylation is 2. The summed E-state index contributed by atoms with van der Waals surface area (Å²) < 4.78 is 2.28. The van der Waals surface area contributed by atoms with Crippen molar-refractivity contribution in [2.75, 3.05) is 13.1 Å². The molecule has 0 aromatic carbocycles. The molecule has 0 unspecified atom stereocenters. The summed E-state index contributed by atoms with van der Waals surface area (Å²) in [6.45, 7) is 5.95. The molecule has 0 radical (unpaired) electrons. The number of rotatable bonds is 3. The molecule has 18 heavy (non-hydrogen) atoms. The van der Waals surface area contributed by atoms with Crippen LogP contribution in [0.3, 0.4) is 0 Å². The Bertz CT molecular complexity index is 413. The van der Waals surface area contributed by atoms with Gasteiger partial charge in [-0.2, -0.15) is 0 Å². The van der Waals surface area contributed by atoms with Gasteiger partial charge in [-0.15, -0.1) is 0 Å². The molecule has 6 heteroatoms. The molecule has 1 fully saturated rings. The minimum Gasteiger partial charge on any atom is -0.273 e. The van der Waals surface area contributed by atoms with Crippen molar-refractivity contribution in [3.8, 4) is 0 Å². The molecule has 1 aromatic rings. The zero-order valence-electron chi connectivity index (χ0n) is 10.7. The van der Waals surface area contributed by atoms with Crippen LogP contribution in [0.5, 0.6) is 0 Å². The van der Waals surface area contributed by atoms with Gasteiger partial charge in [-0.1, -0.05) is 11.8 Å². The van der Waals surface area contributed by atoms with Gasteiger partial charge < -0.3 is 0 Å². The quantitative estimate of drug-likeness (QED) is 0.794. The lowest BCUT2D eigenvalue weighted by molar-refractivity contribution is 0.276. The first-order valence-corrected chi connectivity index (χ1v) is 7.80. The highest BCUT2D eigenvalue weighted by molar-refractivity contribution is 8.37. The van der Waals surface area contributed by atoms with E-state index in [1.165, 1.54) is 36.6 Å². The minimum atomic E-state index is 0.139. The lowest BCUT2D eigenvalue weighted by Crippen LogP contribution is -2.11. The molecule has 1 aliphatic heterocycles. The van der Waals surface area contributed by atoms with E-state index in [4.69, 9.17) is 0 Å². The molecule has 98 valence electrons. The number of nitrogens with zero attached hydrogens (tertiary/aromatic N) is 3. The molecule has 0 N–H and O–H groups in total. The summed E-state index contributed by atoms with van der Waals surface area (Å²) in [5.41, 5.74) is 1.91. The van der Waals surface area contributed by atoms with E-state index in [1.54, 1.807) is 0 Å². The first kappa shape index (κ1) is 13.8. The molecule has 2 heterocycles. The van der Waals surface area contributed by atoms with E-state index in [0.717, 1.165) is 30.3 Å². The summed E-state index contributed by atoms with van der Waals surface area (Å²) in [7, 11) is 0. The highest BCUT2D eigenvalue weighted by Gasteiger charge is 2.17. The van der Waals surface area contributed by atoms with Crippen molar-refractivity contribution in [2.24, 2.45) is 0 Å². The highest BCUT2D eigenvalue weighted by atomic mass is 32.2. The number of hydrogen-bond donors (Lipinski definition) is 0. The summed E-state index contributed by atoms with van der Waals surface area (Å²) in [5.74, 6) is 1.30. The second kappa shape index (κ2) is 6.54. The van der Waals surface area contributed by atoms with Crippen LogP contribution >= 0.6 is 23.7 Å². The van der Waals surface area contributed by atoms with Crippen molar-refractivity contribution >= 4 is 28.2 Å². The molecule has 1 aromatic heterocycles. The molecule has 1 aliphatic rings. The Balaban J connectivity index is 1.81. The summed E-state index contributed by atoms with van der Waals surface area (Å²) in [6.07, 6.45) is 2.40. The van der Waals surface area contributed by atoms with E-state index in [1.807, 2.05) is 19.9 Å². The van der Waals surface area contributed by atoms with Crippen LogP contribution in [0.15, 0.2) is 6.07 Å². The minimum absolute atomic E-state index is 0.139. The third kappa shape index (κ3) is 4.26. The van der Waals surface area contributed by atoms with Crippen LogP contribution in [0, 0.1) is 13.8 Å². The van der Waals surface area contributed by atoms with E-state index >= 15 is 0 Å². The average molecular weight is 283 g/mol. The number of carbonyl (C=O) groups excluding carboxylic acids is 1. The van der Waals surface area contributed by atoms with Crippen molar-refractivity contribution in [2.45, 2.75) is 32.4 Å². The first-order chi connectivity index (χ1) is 8.63. The van der Waals surface area contributed by atoms with Crippen LogP contribution in [-0.4, -0.2) is 31.8 Å². The van der Waals surface area contributed by atoms with Crippen LogP contribution in [0.25, 0.3) is 0 Å². The molecule has 0 amide bonds. The van der Waals surface area contributed by atoms with E-state index in [9.17, 15) is 4.79 Å². The normalized spacial score (nSPS) is 16.1. The molecule has 0 bridgehead atoms. The predicted octanol–water partition coefficient (Wildman–Crippen LogP) is 3.19. The van der Waals surface area contributed by atoms with Gasteiger partial charge in [0.15, 0.2) is 0 Å². The smallest absolute Gasteiger partial charge is 0.261 e. The molecule has 4 nitrogen and oxygen atoms in total. The van der Waals surface area contributed by atoms with Crippen LogP contribution < -0.4 is 0 Å². The predicted molar refractivity (Wildman–Crippen MR) is 76.6 cm³/mol. The number of carbonyl (C=O) groups is 1. The lowest BCUT2D eigenvalue weighted by atomic mass is 10.3. The third-order valence-electron chi connectivity index (χ3n) is 2.62. The van der Waals surface area contributed by atoms with Crippen LogP contribution in [0.4, 0.5) is 4.79 Å². The molecule has 0 aliphatic carbocycles. The second-order valence-electron chi connectivity index (χ2n) is 4.33. The van der Waals surface area contributed by atoms with Gasteiger partial charge in [-0.3, -0.25) is 4.79 Å². The van der Waals surface area contributed by atoms with Gasteiger partial charge in [0, 0.05) is 36.4 Å². The lowest BCUT2D eigenvalue weighted by Gasteiger charge is -2.10. The molecule has 0 atom stereocenters. The Morgan fingerprint density at radius 2 is 1.89 bits per heavy atom. The summed E-state index contributed by atoms with van der Waals surface area (Å²) >= 11 is 2.63. The van der Waals surface area contributed by atoms with E-state index in [2.05, 4.69) is 14.3 Å². The van der Waals surface area contributed by atoms with Crippen molar-refractivity contribution in [3.63, 3.8) is 0 Å². The fourth-order valence-corrected chi connectivity index (χ4v) is 3.63. The van der Waals surface area contributed by atoms with Gasteiger partial charge in [0.2, 0.25) is 0 Å². The molecule has 1 saturated heterocycles. The number of hydrogen-bond acceptors (Lipinski definition) is 6. The Hall–Kier alpha value is -0.590. The summed E-state index contributed by atoms with van der Waals surface area (Å²) in [5, 5.41) is 0. The van der Waals surface area contributed by atoms with Crippen LogP contribution in [-0.2, 0) is 5.75 Å². The highest BCUT2D eigenvalue weighted by Crippen LogP contribution is 2.26. The van der Waals surface area contributed by atoms with E-state index < -0.39 is 0 Å². The van der Waals surface area contributed by atoms with E-state index in [0.29, 0.717) is 5.75 Å². The molecule has 2 rings (SSSR count). The molecule has 0 spiro atoms. The third-order valence-corrected chi connectivity index (χ3v) is 4.60. The Morgan fingerprint density at radius 1 is 1.28 bits per heavy atom. The maximum atomic E-state index is 11.8. The summed E-state index contributed by atoms with van der Waals surface area (Å²) in [4.78, 5) is 20.4. The second-order valence-corrected chi connectivity index (χ2v) is 6.61. The Kier molecular flexibility index (Phi) is 5.03. The van der Waals surface area contributed by atoms with Crippen molar-refractivity contribution in [3.05, 3.63) is 23.3 Å². The zero-order chi connectivity index (χ0) is 13.0. The summed E-state index contributed by atoms with van der Waals surface area (Å²) in [6, 6.07) is 1.94. The fourth-order valence-electron chi connectivity index (χ4n) is 1.90. The maximum absolute atomic E-state index is 11.8. The molecule has 0 saturated carbocycles. The topological polar surface area (TPSA) is 46.1 Å². The first-order valence-electron chi connectivity index (χ1n) is 6.04. The largest absolute Gasteiger partial charge is 0.273 e. The molecular formula is C12H17N3OS2. The van der Waals surface area contributed by atoms with Crippen molar-refractivity contribution in [1.82, 2.24) is 14.3 Å². The zero-order valence-corrected chi connectivity index (χ0v) is 12.3. The van der Waals surface area contributed by atoms with Gasteiger partial charge in [-0.25, -0.2) is 14.3 Å². The van der Waals surface area contributed by atoms with E-state index in [-0.39, 0.29) is 4.45 Å². The standard InChI is InChI=1S/C12H17N3OS2/c1-9-7-10(2)14-11(13-9)8-17-12(16)18-15-5-3-4-6-15/h7H,3-6,8H2,1-2H3. The maximum Gasteiger partial charge on any atom is 0.261 e. The monoisotopic (exact) mass is 283 g/mol. The van der Waals surface area contributed by atoms with Gasteiger partial charge in [0.25, 0.3) is 4.45 Å². The van der Waals surface area contributed by atoms with Crippen molar-refractivity contribution < 1.29 is 4.79 Å². The Morgan fingerprint density at radius 3 is 2.50 bits per heavy atom. The molecular weight excluding hydrogens is 266 g/mol. The van der Waals surface area contributed by atoms with Gasteiger partial charge >= 0.3 is 0 Å². The van der Waals surface area contributed by atoms with Gasteiger partial charge in [0.05, 0.1) is 5.75 Å².